The smallest absolute Gasteiger partial charge is 0.124 e. The van der Waals surface area contributed by atoms with E-state index in [1.165, 1.54) is 0 Å². The summed E-state index contributed by atoms with van der Waals surface area (Å²) in [5.74, 6) is 4.89. The predicted octanol–water partition coefficient (Wildman–Crippen LogP) is 1.86. The van der Waals surface area contributed by atoms with E-state index in [1.807, 2.05) is 0 Å². The van der Waals surface area contributed by atoms with Crippen LogP contribution in [0.1, 0.15) is 13.3 Å². The molecule has 0 nitrogen and oxygen atoms in total. The van der Waals surface area contributed by atoms with Gasteiger partial charge >= 0.3 is 0 Å². The topological polar surface area (TPSA) is 0 Å². The van der Waals surface area contributed by atoms with Gasteiger partial charge in [0, 0.05) is 17.3 Å². The molecule has 0 bridgehead atoms. The molecule has 6 aliphatic carbocycles. The average molecular weight is 150 g/mol. The molecule has 0 amide bonds. The molecule has 0 heterocycles. The summed E-state index contributed by atoms with van der Waals surface area (Å²) in [6.07, 6.45) is 1.13. The maximum Gasteiger partial charge on any atom is 0.124 e. The second kappa shape index (κ2) is 0.828. The van der Waals surface area contributed by atoms with Crippen LogP contribution in [0.5, 0.6) is 0 Å². The Morgan fingerprint density at radius 3 is 2.00 bits per heavy atom. The van der Waals surface area contributed by atoms with E-state index >= 15 is 0 Å². The van der Waals surface area contributed by atoms with Crippen molar-refractivity contribution in [2.45, 2.75) is 19.0 Å². The summed E-state index contributed by atoms with van der Waals surface area (Å²) in [6, 6.07) is 0. The van der Waals surface area contributed by atoms with Gasteiger partial charge in [0.2, 0.25) is 0 Å². The fourth-order valence-electron chi connectivity index (χ4n) is 6.37. The first kappa shape index (κ1) is 4.84. The van der Waals surface area contributed by atoms with Gasteiger partial charge in [-0.25, -0.2) is 4.39 Å². The third kappa shape index (κ3) is 0.153. The molecule has 0 aromatic rings. The summed E-state index contributed by atoms with van der Waals surface area (Å²) in [4.78, 5) is 0. The molecule has 0 aromatic carbocycles. The van der Waals surface area contributed by atoms with Crippen molar-refractivity contribution in [3.8, 4) is 0 Å². The van der Waals surface area contributed by atoms with Gasteiger partial charge in [-0.2, -0.15) is 0 Å². The van der Waals surface area contributed by atoms with Crippen molar-refractivity contribution in [3.05, 3.63) is 0 Å². The quantitative estimate of drug-likeness (QED) is 0.535. The third-order valence-corrected chi connectivity index (χ3v) is 6.34. The zero-order valence-corrected chi connectivity index (χ0v) is 6.55. The van der Waals surface area contributed by atoms with Crippen LogP contribution in [-0.2, 0) is 0 Å². The number of hydrogen-bond donors (Lipinski definition) is 0. The Labute approximate surface area is 65.2 Å². The number of hydrogen-bond acceptors (Lipinski definition) is 0. The van der Waals surface area contributed by atoms with Crippen LogP contribution in [0.15, 0.2) is 0 Å². The summed E-state index contributed by atoms with van der Waals surface area (Å²) in [7, 11) is 0. The van der Waals surface area contributed by atoms with Crippen molar-refractivity contribution < 1.29 is 4.39 Å². The minimum atomic E-state index is -0.587. The highest BCUT2D eigenvalue weighted by Gasteiger charge is 3.11. The van der Waals surface area contributed by atoms with Crippen molar-refractivity contribution in [3.63, 3.8) is 0 Å². The summed E-state index contributed by atoms with van der Waals surface area (Å²) in [5.41, 5.74) is -0.307. The minimum Gasteiger partial charge on any atom is -0.243 e. The Balaban J connectivity index is 1.80. The Hall–Kier alpha value is -0.0700. The van der Waals surface area contributed by atoms with Crippen molar-refractivity contribution in [2.24, 2.45) is 40.9 Å². The van der Waals surface area contributed by atoms with E-state index in [4.69, 9.17) is 0 Å². The Kier molecular flexibility index (Phi) is 0.364. The minimum absolute atomic E-state index is 0.280. The molecule has 4 unspecified atom stereocenters. The van der Waals surface area contributed by atoms with Gasteiger partial charge in [-0.3, -0.25) is 0 Å². The molecule has 0 radical (unpaired) electrons. The van der Waals surface area contributed by atoms with Crippen molar-refractivity contribution in [1.29, 1.82) is 0 Å². The molecule has 1 heteroatoms. The van der Waals surface area contributed by atoms with E-state index in [0.717, 1.165) is 30.1 Å². The monoisotopic (exact) mass is 150 g/mol. The van der Waals surface area contributed by atoms with Crippen LogP contribution >= 0.6 is 0 Å². The molecule has 11 heavy (non-hydrogen) atoms. The molecule has 0 aliphatic heterocycles. The molecule has 0 spiro atoms. The standard InChI is InChI=1S/C10H11F/c1-2-9-5-3-4-7(5)10(9,11)8(4)6(3)9/h3-8H,2H2,1H3. The second-order valence-corrected chi connectivity index (χ2v) is 5.42. The number of halogens is 1. The fourth-order valence-corrected chi connectivity index (χ4v) is 6.37. The van der Waals surface area contributed by atoms with Gasteiger partial charge in [-0.15, -0.1) is 0 Å². The van der Waals surface area contributed by atoms with E-state index in [1.54, 1.807) is 0 Å². The largest absolute Gasteiger partial charge is 0.243 e. The van der Waals surface area contributed by atoms with Gasteiger partial charge in [0.1, 0.15) is 5.67 Å². The zero-order chi connectivity index (χ0) is 7.17. The molecule has 4 atom stereocenters. The van der Waals surface area contributed by atoms with Gasteiger partial charge < -0.3 is 0 Å². The lowest BCUT2D eigenvalue weighted by Crippen LogP contribution is -3.12. The van der Waals surface area contributed by atoms with Gasteiger partial charge in [-0.1, -0.05) is 6.92 Å². The molecule has 6 fully saturated rings. The summed E-state index contributed by atoms with van der Waals surface area (Å²) in [5, 5.41) is 0. The maximum absolute atomic E-state index is 14.1. The Bertz CT molecular complexity index is 288. The van der Waals surface area contributed by atoms with E-state index in [0.29, 0.717) is 11.8 Å². The highest BCUT2D eigenvalue weighted by molar-refractivity contribution is 5.57. The Morgan fingerprint density at radius 2 is 1.64 bits per heavy atom. The highest BCUT2D eigenvalue weighted by atomic mass is 19.1. The normalized spacial score (nSPS) is 95.5. The number of rotatable bonds is 1. The predicted molar refractivity (Wildman–Crippen MR) is 37.5 cm³/mol. The van der Waals surface area contributed by atoms with Crippen LogP contribution in [0.3, 0.4) is 0 Å². The van der Waals surface area contributed by atoms with E-state index in [2.05, 4.69) is 6.92 Å². The molecule has 0 N–H and O–H groups in total. The van der Waals surface area contributed by atoms with Gasteiger partial charge in [0.25, 0.3) is 0 Å². The van der Waals surface area contributed by atoms with Crippen molar-refractivity contribution in [2.75, 3.05) is 0 Å². The van der Waals surface area contributed by atoms with Gasteiger partial charge in [-0.05, 0) is 30.1 Å². The van der Waals surface area contributed by atoms with Crippen LogP contribution in [0, 0.1) is 40.9 Å². The van der Waals surface area contributed by atoms with Gasteiger partial charge in [0.05, 0.1) is 0 Å². The van der Waals surface area contributed by atoms with Crippen LogP contribution in [0.2, 0.25) is 0 Å². The SMILES string of the molecule is CCC12C3C4C5C3C1(F)C5C42. The van der Waals surface area contributed by atoms with Gasteiger partial charge in [0.15, 0.2) is 0 Å². The zero-order valence-electron chi connectivity index (χ0n) is 6.55. The molecular formula is C10H11F. The molecule has 6 saturated carbocycles. The first-order valence-corrected chi connectivity index (χ1v) is 4.99. The van der Waals surface area contributed by atoms with E-state index in [-0.39, 0.29) is 5.41 Å². The lowest BCUT2D eigenvalue weighted by Gasteiger charge is -3.09. The lowest BCUT2D eigenvalue weighted by molar-refractivity contribution is -0.651. The molecule has 6 rings (SSSR count). The molecular weight excluding hydrogens is 139 g/mol. The summed E-state index contributed by atoms with van der Waals surface area (Å²) < 4.78 is 14.1. The molecule has 0 saturated heterocycles. The fraction of sp³-hybridized carbons (Fsp3) is 1.00. The van der Waals surface area contributed by atoms with E-state index in [9.17, 15) is 4.39 Å². The lowest BCUT2D eigenvalue weighted by atomic mass is 8.95. The number of alkyl halides is 1. The van der Waals surface area contributed by atoms with E-state index < -0.39 is 5.67 Å². The first-order chi connectivity index (χ1) is 5.30. The third-order valence-electron chi connectivity index (χ3n) is 6.34. The summed E-state index contributed by atoms with van der Waals surface area (Å²) in [6.45, 7) is 2.20. The van der Waals surface area contributed by atoms with Crippen LogP contribution < -0.4 is 0 Å². The molecule has 6 aliphatic rings. The Morgan fingerprint density at radius 1 is 1.09 bits per heavy atom. The second-order valence-electron chi connectivity index (χ2n) is 5.42. The highest BCUT2D eigenvalue weighted by Crippen LogP contribution is 3.08. The first-order valence-electron chi connectivity index (χ1n) is 4.99. The van der Waals surface area contributed by atoms with Crippen molar-refractivity contribution >= 4 is 0 Å². The maximum atomic E-state index is 14.1. The molecule has 58 valence electrons. The van der Waals surface area contributed by atoms with Crippen LogP contribution in [0.4, 0.5) is 4.39 Å². The summed E-state index contributed by atoms with van der Waals surface area (Å²) >= 11 is 0. The average Bonchev–Trinajstić information content (AvgIpc) is 2.04. The van der Waals surface area contributed by atoms with Crippen LogP contribution in [0.25, 0.3) is 0 Å². The molecule has 0 aromatic heterocycles. The van der Waals surface area contributed by atoms with Crippen molar-refractivity contribution in [1.82, 2.24) is 0 Å². The van der Waals surface area contributed by atoms with Crippen LogP contribution in [-0.4, -0.2) is 5.67 Å².